The SMILES string of the molecule is CCOc1cc2cncc(CC(=O)[O-])c2cc1OC.[Li+]. The van der Waals surface area contributed by atoms with Crippen LogP contribution in [0.25, 0.3) is 10.8 Å². The number of rotatable bonds is 5. The Hall–Kier alpha value is -1.70. The second-order valence-electron chi connectivity index (χ2n) is 4.00. The largest absolute Gasteiger partial charge is 1.00 e. The third kappa shape index (κ3) is 3.44. The molecular formula is C14H14LiNO4. The van der Waals surface area contributed by atoms with Crippen LogP contribution in [0.4, 0.5) is 0 Å². The van der Waals surface area contributed by atoms with Gasteiger partial charge in [0.1, 0.15) is 0 Å². The Labute approximate surface area is 129 Å². The smallest absolute Gasteiger partial charge is 0.550 e. The van der Waals surface area contributed by atoms with Crippen molar-refractivity contribution in [1.29, 1.82) is 0 Å². The van der Waals surface area contributed by atoms with E-state index >= 15 is 0 Å². The number of aromatic nitrogens is 1. The first kappa shape index (κ1) is 16.4. The summed E-state index contributed by atoms with van der Waals surface area (Å²) in [6.45, 7) is 2.41. The van der Waals surface area contributed by atoms with Gasteiger partial charge in [0.25, 0.3) is 0 Å². The molecule has 0 saturated heterocycles. The Morgan fingerprint density at radius 2 is 2.05 bits per heavy atom. The van der Waals surface area contributed by atoms with Crippen LogP contribution in [0.3, 0.4) is 0 Å². The molecule has 0 radical (unpaired) electrons. The summed E-state index contributed by atoms with van der Waals surface area (Å²) >= 11 is 0. The van der Waals surface area contributed by atoms with E-state index in [0.29, 0.717) is 23.7 Å². The summed E-state index contributed by atoms with van der Waals surface area (Å²) in [6.07, 6.45) is 3.01. The van der Waals surface area contributed by atoms with Crippen LogP contribution in [0.5, 0.6) is 11.5 Å². The summed E-state index contributed by atoms with van der Waals surface area (Å²) in [5.41, 5.74) is 0.596. The second kappa shape index (κ2) is 7.18. The van der Waals surface area contributed by atoms with E-state index in [-0.39, 0.29) is 25.3 Å². The molecule has 0 spiro atoms. The van der Waals surface area contributed by atoms with E-state index in [1.807, 2.05) is 6.92 Å². The first-order valence-electron chi connectivity index (χ1n) is 5.93. The molecule has 2 rings (SSSR count). The van der Waals surface area contributed by atoms with Crippen LogP contribution in [0.15, 0.2) is 24.5 Å². The third-order valence-electron chi connectivity index (χ3n) is 2.76. The maximum atomic E-state index is 10.7. The van der Waals surface area contributed by atoms with Crippen molar-refractivity contribution in [1.82, 2.24) is 4.98 Å². The third-order valence-corrected chi connectivity index (χ3v) is 2.76. The van der Waals surface area contributed by atoms with Crippen LogP contribution in [-0.4, -0.2) is 24.7 Å². The Morgan fingerprint density at radius 3 is 2.65 bits per heavy atom. The number of carbonyl (C=O) groups excluding carboxylic acids is 1. The number of carboxylic acids is 1. The summed E-state index contributed by atoms with van der Waals surface area (Å²) < 4.78 is 10.7. The fourth-order valence-corrected chi connectivity index (χ4v) is 1.96. The van der Waals surface area contributed by atoms with E-state index in [0.717, 1.165) is 10.8 Å². The van der Waals surface area contributed by atoms with Gasteiger partial charge in [-0.05, 0) is 30.0 Å². The van der Waals surface area contributed by atoms with E-state index in [1.165, 1.54) is 6.20 Å². The quantitative estimate of drug-likeness (QED) is 0.582. The van der Waals surface area contributed by atoms with Gasteiger partial charge < -0.3 is 19.4 Å². The molecule has 0 bridgehead atoms. The minimum atomic E-state index is -1.14. The van der Waals surface area contributed by atoms with Crippen molar-refractivity contribution in [2.75, 3.05) is 13.7 Å². The zero-order valence-corrected chi connectivity index (χ0v) is 11.8. The van der Waals surface area contributed by atoms with Crippen molar-refractivity contribution >= 4 is 16.7 Å². The molecule has 0 atom stereocenters. The van der Waals surface area contributed by atoms with Gasteiger partial charge in [-0.2, -0.15) is 0 Å². The van der Waals surface area contributed by atoms with Crippen LogP contribution in [0, 0.1) is 0 Å². The first-order chi connectivity index (χ1) is 9.15. The van der Waals surface area contributed by atoms with Crippen LogP contribution < -0.4 is 33.4 Å². The summed E-state index contributed by atoms with van der Waals surface area (Å²) in [5, 5.41) is 12.3. The molecule has 2 aromatic rings. The topological polar surface area (TPSA) is 71.5 Å². The maximum Gasteiger partial charge on any atom is 1.00 e. The van der Waals surface area contributed by atoms with Gasteiger partial charge in [-0.1, -0.05) is 0 Å². The molecule has 0 aliphatic heterocycles. The number of hydrogen-bond acceptors (Lipinski definition) is 5. The Kier molecular flexibility index (Phi) is 5.87. The van der Waals surface area contributed by atoms with Gasteiger partial charge in [0.2, 0.25) is 0 Å². The number of hydrogen-bond donors (Lipinski definition) is 0. The van der Waals surface area contributed by atoms with Crippen molar-refractivity contribution in [3.05, 3.63) is 30.1 Å². The normalized spacial score (nSPS) is 9.90. The molecule has 0 amide bonds. The minimum absolute atomic E-state index is 0. The van der Waals surface area contributed by atoms with Crippen LogP contribution >= 0.6 is 0 Å². The van der Waals surface area contributed by atoms with Crippen LogP contribution in [0.1, 0.15) is 12.5 Å². The molecule has 0 aliphatic carbocycles. The maximum absolute atomic E-state index is 10.7. The molecule has 5 nitrogen and oxygen atoms in total. The van der Waals surface area contributed by atoms with Crippen molar-refractivity contribution in [2.45, 2.75) is 13.3 Å². The molecule has 6 heteroatoms. The molecule has 0 aliphatic rings. The van der Waals surface area contributed by atoms with E-state index in [4.69, 9.17) is 9.47 Å². The molecule has 0 saturated carbocycles. The predicted molar refractivity (Wildman–Crippen MR) is 68.2 cm³/mol. The van der Waals surface area contributed by atoms with Gasteiger partial charge in [0.15, 0.2) is 11.5 Å². The molecule has 100 valence electrons. The number of nitrogens with zero attached hydrogens (tertiary/aromatic N) is 1. The standard InChI is InChI=1S/C14H15NO4.Li/c1-3-19-13-4-9-7-15-8-10(5-14(16)17)11(9)6-12(13)18-2;/h4,6-8H,3,5H2,1-2H3,(H,16,17);/q;+1/p-1. The Morgan fingerprint density at radius 1 is 1.30 bits per heavy atom. The van der Waals surface area contributed by atoms with Crippen molar-refractivity contribution in [3.63, 3.8) is 0 Å². The number of ether oxygens (including phenoxy) is 2. The van der Waals surface area contributed by atoms with Gasteiger partial charge >= 0.3 is 18.9 Å². The molecule has 0 unspecified atom stereocenters. The zero-order chi connectivity index (χ0) is 13.8. The van der Waals surface area contributed by atoms with Crippen LogP contribution in [0.2, 0.25) is 0 Å². The summed E-state index contributed by atoms with van der Waals surface area (Å²) in [4.78, 5) is 14.8. The monoisotopic (exact) mass is 267 g/mol. The minimum Gasteiger partial charge on any atom is -0.550 e. The molecule has 20 heavy (non-hydrogen) atoms. The number of aliphatic carboxylic acids is 1. The van der Waals surface area contributed by atoms with Crippen molar-refractivity contribution in [3.8, 4) is 11.5 Å². The molecule has 0 N–H and O–H groups in total. The second-order valence-corrected chi connectivity index (χ2v) is 4.00. The van der Waals surface area contributed by atoms with Crippen molar-refractivity contribution < 1.29 is 38.2 Å². The fraction of sp³-hybridized carbons (Fsp3) is 0.286. The molecule has 1 aromatic carbocycles. The van der Waals surface area contributed by atoms with Gasteiger partial charge in [0.05, 0.1) is 13.7 Å². The Bertz CT molecular complexity index is 615. The number of carboxylic acid groups (broad SMARTS) is 1. The fourth-order valence-electron chi connectivity index (χ4n) is 1.96. The van der Waals surface area contributed by atoms with Gasteiger partial charge in [-0.25, -0.2) is 0 Å². The number of benzene rings is 1. The molecule has 1 heterocycles. The molecule has 0 fully saturated rings. The summed E-state index contributed by atoms with van der Waals surface area (Å²) in [5.74, 6) is 0.0483. The van der Waals surface area contributed by atoms with E-state index in [2.05, 4.69) is 4.98 Å². The average molecular weight is 267 g/mol. The summed E-state index contributed by atoms with van der Waals surface area (Å²) in [6, 6.07) is 3.56. The van der Waals surface area contributed by atoms with Gasteiger partial charge in [-0.15, -0.1) is 0 Å². The zero-order valence-electron chi connectivity index (χ0n) is 11.8. The number of carbonyl (C=O) groups is 1. The molecule has 1 aromatic heterocycles. The van der Waals surface area contributed by atoms with Crippen LogP contribution in [-0.2, 0) is 11.2 Å². The predicted octanol–water partition coefficient (Wildman–Crippen LogP) is -2.06. The number of pyridine rings is 1. The van der Waals surface area contributed by atoms with Crippen molar-refractivity contribution in [2.24, 2.45) is 0 Å². The average Bonchev–Trinajstić information content (AvgIpc) is 2.38. The van der Waals surface area contributed by atoms with Gasteiger partial charge in [-0.3, -0.25) is 4.98 Å². The van der Waals surface area contributed by atoms with E-state index in [9.17, 15) is 9.90 Å². The first-order valence-corrected chi connectivity index (χ1v) is 5.93. The number of methoxy groups -OCH3 is 1. The van der Waals surface area contributed by atoms with Gasteiger partial charge in [0, 0.05) is 30.2 Å². The van der Waals surface area contributed by atoms with E-state index in [1.54, 1.807) is 25.4 Å². The van der Waals surface area contributed by atoms with E-state index < -0.39 is 5.97 Å². The Balaban J connectivity index is 0.00000200. The summed E-state index contributed by atoms with van der Waals surface area (Å²) in [7, 11) is 1.54. The molecular weight excluding hydrogens is 253 g/mol. The number of fused-ring (bicyclic) bond motifs is 1.